The fourth-order valence-electron chi connectivity index (χ4n) is 2.52. The molecule has 1 aliphatic heterocycles. The molecule has 6 heteroatoms. The summed E-state index contributed by atoms with van der Waals surface area (Å²) in [6.45, 7) is 1.19. The number of fused-ring (bicyclic) bond motifs is 1. The van der Waals surface area contributed by atoms with Gasteiger partial charge in [0.15, 0.2) is 11.5 Å². The second-order valence-electron chi connectivity index (χ2n) is 5.64. The molecular formula is C18H20N2O4. The summed E-state index contributed by atoms with van der Waals surface area (Å²) in [6, 6.07) is 13.2. The monoisotopic (exact) mass is 328 g/mol. The lowest BCUT2D eigenvalue weighted by Gasteiger charge is -2.16. The number of likely N-dealkylation sites (N-methyl/N-ethyl adjacent to an activating group) is 1. The minimum Gasteiger partial charge on any atom is -0.497 e. The summed E-state index contributed by atoms with van der Waals surface area (Å²) in [7, 11) is 3.55. The van der Waals surface area contributed by atoms with Gasteiger partial charge < -0.3 is 19.5 Å². The lowest BCUT2D eigenvalue weighted by molar-refractivity contribution is -0.117. The number of hydrogen-bond donors (Lipinski definition) is 1. The van der Waals surface area contributed by atoms with Gasteiger partial charge in [0.25, 0.3) is 0 Å². The third-order valence-corrected chi connectivity index (χ3v) is 3.68. The van der Waals surface area contributed by atoms with Gasteiger partial charge in [-0.05, 0) is 36.9 Å². The zero-order chi connectivity index (χ0) is 16.9. The summed E-state index contributed by atoms with van der Waals surface area (Å²) in [5, 5.41) is 2.87. The zero-order valence-corrected chi connectivity index (χ0v) is 13.7. The molecule has 6 nitrogen and oxygen atoms in total. The molecule has 0 aliphatic carbocycles. The van der Waals surface area contributed by atoms with Crippen molar-refractivity contribution in [3.63, 3.8) is 0 Å². The molecule has 2 aromatic carbocycles. The van der Waals surface area contributed by atoms with Crippen LogP contribution < -0.4 is 19.5 Å². The van der Waals surface area contributed by atoms with Crippen LogP contribution in [0.5, 0.6) is 17.2 Å². The van der Waals surface area contributed by atoms with Crippen molar-refractivity contribution in [3.8, 4) is 17.2 Å². The summed E-state index contributed by atoms with van der Waals surface area (Å²) < 4.78 is 15.7. The molecular weight excluding hydrogens is 308 g/mol. The Hall–Kier alpha value is -2.73. The lowest BCUT2D eigenvalue weighted by Crippen LogP contribution is -2.29. The molecule has 2 aromatic rings. The average Bonchev–Trinajstić information content (AvgIpc) is 3.03. The summed E-state index contributed by atoms with van der Waals surface area (Å²) >= 11 is 0. The van der Waals surface area contributed by atoms with Gasteiger partial charge in [0, 0.05) is 18.3 Å². The van der Waals surface area contributed by atoms with E-state index in [2.05, 4.69) is 5.32 Å². The molecule has 0 aromatic heterocycles. The lowest BCUT2D eigenvalue weighted by atomic mass is 10.2. The van der Waals surface area contributed by atoms with Gasteiger partial charge in [-0.1, -0.05) is 12.1 Å². The highest BCUT2D eigenvalue weighted by atomic mass is 16.7. The quantitative estimate of drug-likeness (QED) is 0.883. The number of anilines is 1. The number of nitrogens with one attached hydrogen (secondary N) is 1. The molecule has 0 saturated heterocycles. The molecule has 126 valence electrons. The van der Waals surface area contributed by atoms with E-state index in [1.165, 1.54) is 0 Å². The summed E-state index contributed by atoms with van der Waals surface area (Å²) in [6.07, 6.45) is 0. The van der Waals surface area contributed by atoms with Gasteiger partial charge in [0.2, 0.25) is 12.7 Å². The topological polar surface area (TPSA) is 60.0 Å². The van der Waals surface area contributed by atoms with Crippen LogP contribution in [0.25, 0.3) is 0 Å². The molecule has 1 N–H and O–H groups in total. The fourth-order valence-corrected chi connectivity index (χ4v) is 2.52. The number of rotatable bonds is 6. The van der Waals surface area contributed by atoms with Gasteiger partial charge in [-0.15, -0.1) is 0 Å². The van der Waals surface area contributed by atoms with Crippen LogP contribution in [0.4, 0.5) is 5.69 Å². The third-order valence-electron chi connectivity index (χ3n) is 3.68. The van der Waals surface area contributed by atoms with Crippen molar-refractivity contribution in [1.29, 1.82) is 0 Å². The molecule has 3 rings (SSSR count). The smallest absolute Gasteiger partial charge is 0.238 e. The van der Waals surface area contributed by atoms with Gasteiger partial charge >= 0.3 is 0 Å². The molecule has 0 spiro atoms. The van der Waals surface area contributed by atoms with Crippen molar-refractivity contribution < 1.29 is 19.0 Å². The highest BCUT2D eigenvalue weighted by molar-refractivity contribution is 5.92. The fraction of sp³-hybridized carbons (Fsp3) is 0.278. The largest absolute Gasteiger partial charge is 0.497 e. The third kappa shape index (κ3) is 3.97. The number of methoxy groups -OCH3 is 1. The van der Waals surface area contributed by atoms with E-state index in [9.17, 15) is 4.79 Å². The Kier molecular flexibility index (Phi) is 4.86. The maximum atomic E-state index is 12.2. The predicted molar refractivity (Wildman–Crippen MR) is 90.5 cm³/mol. The van der Waals surface area contributed by atoms with Crippen molar-refractivity contribution in [3.05, 3.63) is 48.0 Å². The summed E-state index contributed by atoms with van der Waals surface area (Å²) in [5.41, 5.74) is 1.82. The Bertz CT molecular complexity index is 715. The SMILES string of the molecule is COc1ccc(CN(C)CC(=O)Nc2ccc3c(c2)OCO3)cc1. The second kappa shape index (κ2) is 7.23. The van der Waals surface area contributed by atoms with Gasteiger partial charge in [-0.2, -0.15) is 0 Å². The maximum absolute atomic E-state index is 12.2. The van der Waals surface area contributed by atoms with Crippen molar-refractivity contribution in [2.24, 2.45) is 0 Å². The van der Waals surface area contributed by atoms with Crippen LogP contribution in [0.1, 0.15) is 5.56 Å². The molecule has 1 heterocycles. The zero-order valence-electron chi connectivity index (χ0n) is 13.7. The number of carbonyl (C=O) groups is 1. The first-order chi connectivity index (χ1) is 11.6. The van der Waals surface area contributed by atoms with Gasteiger partial charge in [0.05, 0.1) is 13.7 Å². The summed E-state index contributed by atoms with van der Waals surface area (Å²) in [4.78, 5) is 14.1. The Morgan fingerprint density at radius 1 is 1.17 bits per heavy atom. The standard InChI is InChI=1S/C18H20N2O4/c1-20(10-13-3-6-15(22-2)7-4-13)11-18(21)19-14-5-8-16-17(9-14)24-12-23-16/h3-9H,10-12H2,1-2H3,(H,19,21). The van der Waals surface area contributed by atoms with E-state index in [1.807, 2.05) is 36.2 Å². The van der Waals surface area contributed by atoms with E-state index < -0.39 is 0 Å². The number of carbonyl (C=O) groups excluding carboxylic acids is 1. The molecule has 0 unspecified atom stereocenters. The molecule has 0 bridgehead atoms. The van der Waals surface area contributed by atoms with Crippen LogP contribution in [-0.4, -0.2) is 38.3 Å². The number of hydrogen-bond acceptors (Lipinski definition) is 5. The first-order valence-corrected chi connectivity index (χ1v) is 7.65. The molecule has 1 amide bonds. The van der Waals surface area contributed by atoms with Gasteiger partial charge in [0.1, 0.15) is 5.75 Å². The van der Waals surface area contributed by atoms with Gasteiger partial charge in [-0.25, -0.2) is 0 Å². The molecule has 0 fully saturated rings. The Balaban J connectivity index is 1.52. The highest BCUT2D eigenvalue weighted by Gasteiger charge is 2.14. The average molecular weight is 328 g/mol. The number of ether oxygens (including phenoxy) is 3. The Morgan fingerprint density at radius 2 is 1.92 bits per heavy atom. The van der Waals surface area contributed by atoms with Crippen molar-refractivity contribution in [2.75, 3.05) is 32.8 Å². The first kappa shape index (κ1) is 16.1. The van der Waals surface area contributed by atoms with E-state index in [0.717, 1.165) is 11.3 Å². The normalized spacial score (nSPS) is 12.3. The molecule has 1 aliphatic rings. The van der Waals surface area contributed by atoms with Gasteiger partial charge in [-0.3, -0.25) is 9.69 Å². The number of amides is 1. The van der Waals surface area contributed by atoms with Crippen LogP contribution in [-0.2, 0) is 11.3 Å². The van der Waals surface area contributed by atoms with Crippen molar-refractivity contribution in [2.45, 2.75) is 6.54 Å². The first-order valence-electron chi connectivity index (χ1n) is 7.65. The van der Waals surface area contributed by atoms with E-state index >= 15 is 0 Å². The summed E-state index contributed by atoms with van der Waals surface area (Å²) in [5.74, 6) is 2.09. The van der Waals surface area contributed by atoms with Crippen LogP contribution in [0.2, 0.25) is 0 Å². The number of benzene rings is 2. The van der Waals surface area contributed by atoms with Crippen molar-refractivity contribution >= 4 is 11.6 Å². The Morgan fingerprint density at radius 3 is 2.67 bits per heavy atom. The van der Waals surface area contributed by atoms with E-state index in [4.69, 9.17) is 14.2 Å². The second-order valence-corrected chi connectivity index (χ2v) is 5.64. The predicted octanol–water partition coefficient (Wildman–Crippen LogP) is 2.49. The number of nitrogens with zero attached hydrogens (tertiary/aromatic N) is 1. The minimum atomic E-state index is -0.0788. The maximum Gasteiger partial charge on any atom is 0.238 e. The Labute approximate surface area is 140 Å². The minimum absolute atomic E-state index is 0.0788. The van der Waals surface area contributed by atoms with Crippen LogP contribution in [0, 0.1) is 0 Å². The molecule has 0 radical (unpaired) electrons. The van der Waals surface area contributed by atoms with Crippen molar-refractivity contribution in [1.82, 2.24) is 4.90 Å². The molecule has 0 saturated carbocycles. The van der Waals surface area contributed by atoms with E-state index in [-0.39, 0.29) is 12.7 Å². The highest BCUT2D eigenvalue weighted by Crippen LogP contribution is 2.34. The molecule has 0 atom stereocenters. The van der Waals surface area contributed by atoms with Crippen LogP contribution >= 0.6 is 0 Å². The molecule has 24 heavy (non-hydrogen) atoms. The van der Waals surface area contributed by atoms with E-state index in [1.54, 1.807) is 25.3 Å². The van der Waals surface area contributed by atoms with E-state index in [0.29, 0.717) is 30.3 Å². The van der Waals surface area contributed by atoms with Crippen LogP contribution in [0.15, 0.2) is 42.5 Å². The van der Waals surface area contributed by atoms with Crippen LogP contribution in [0.3, 0.4) is 0 Å².